The quantitative estimate of drug-likeness (QED) is 0.0812. The third-order valence-electron chi connectivity index (χ3n) is 9.58. The second-order valence-electron chi connectivity index (χ2n) is 13.5. The number of hydrogen-bond donors (Lipinski definition) is 0. The van der Waals surface area contributed by atoms with E-state index < -0.39 is 0 Å². The zero-order chi connectivity index (χ0) is 40.1. The van der Waals surface area contributed by atoms with E-state index >= 15 is 0 Å². The Kier molecular flexibility index (Phi) is 15.2. The van der Waals surface area contributed by atoms with Gasteiger partial charge in [-0.2, -0.15) is 5.26 Å². The van der Waals surface area contributed by atoms with Gasteiger partial charge < -0.3 is 19.3 Å². The van der Waals surface area contributed by atoms with Crippen LogP contribution in [0.15, 0.2) is 170 Å². The average molecular weight is 787 g/mol. The SMILES string of the molecule is C.C.[C-]#[N+]c1cc(/C=C\c2ccc(N(c3ccccc3)c3ccc(OCCC)cc3)cc2)c(C#N)cc1/C=C\c1ccc(N(c2ccccc2)c2ccc(OC)cc2)cc1. The van der Waals surface area contributed by atoms with Gasteiger partial charge in [-0.3, -0.25) is 0 Å². The van der Waals surface area contributed by atoms with Gasteiger partial charge in [0.1, 0.15) is 11.5 Å². The molecule has 0 atom stereocenters. The van der Waals surface area contributed by atoms with E-state index in [1.165, 1.54) is 0 Å². The van der Waals surface area contributed by atoms with Crippen molar-refractivity contribution in [1.29, 1.82) is 5.26 Å². The predicted molar refractivity (Wildman–Crippen MR) is 253 cm³/mol. The molecule has 7 rings (SSSR count). The fourth-order valence-electron chi connectivity index (χ4n) is 6.62. The Morgan fingerprint density at radius 1 is 0.550 bits per heavy atom. The lowest BCUT2D eigenvalue weighted by atomic mass is 10.0. The highest BCUT2D eigenvalue weighted by atomic mass is 16.5. The van der Waals surface area contributed by atoms with Gasteiger partial charge in [0.2, 0.25) is 0 Å². The lowest BCUT2D eigenvalue weighted by Gasteiger charge is -2.25. The zero-order valence-electron chi connectivity index (χ0n) is 32.5. The summed E-state index contributed by atoms with van der Waals surface area (Å²) in [5.41, 5.74) is 10.4. The van der Waals surface area contributed by atoms with Gasteiger partial charge in [0.05, 0.1) is 31.9 Å². The van der Waals surface area contributed by atoms with Gasteiger partial charge in [-0.15, -0.1) is 0 Å². The molecule has 0 amide bonds. The molecule has 0 unspecified atom stereocenters. The fraction of sp³-hybridized carbons (Fsp3) is 0.111. The lowest BCUT2D eigenvalue weighted by molar-refractivity contribution is 0.317. The Balaban J connectivity index is 0.00000341. The van der Waals surface area contributed by atoms with Gasteiger partial charge in [-0.1, -0.05) is 107 Å². The van der Waals surface area contributed by atoms with Crippen LogP contribution in [0.1, 0.15) is 56.0 Å². The summed E-state index contributed by atoms with van der Waals surface area (Å²) >= 11 is 0. The summed E-state index contributed by atoms with van der Waals surface area (Å²) in [5, 5.41) is 10.2. The summed E-state index contributed by atoms with van der Waals surface area (Å²) in [6.45, 7) is 10.7. The van der Waals surface area contributed by atoms with Gasteiger partial charge >= 0.3 is 0 Å². The van der Waals surface area contributed by atoms with Crippen LogP contribution in [0.2, 0.25) is 0 Å². The summed E-state index contributed by atoms with van der Waals surface area (Å²) in [5.74, 6) is 1.65. The molecule has 0 radical (unpaired) electrons. The van der Waals surface area contributed by atoms with Crippen molar-refractivity contribution >= 4 is 64.1 Å². The molecule has 6 heteroatoms. The van der Waals surface area contributed by atoms with E-state index in [1.807, 2.05) is 97.1 Å². The molecule has 0 heterocycles. The summed E-state index contributed by atoms with van der Waals surface area (Å²) in [6, 6.07) is 59.1. The van der Waals surface area contributed by atoms with Crippen LogP contribution >= 0.6 is 0 Å². The minimum absolute atomic E-state index is 0. The lowest BCUT2D eigenvalue weighted by Crippen LogP contribution is -2.09. The molecule has 60 heavy (non-hydrogen) atoms. The largest absolute Gasteiger partial charge is 0.497 e. The van der Waals surface area contributed by atoms with Crippen LogP contribution in [0.5, 0.6) is 11.5 Å². The van der Waals surface area contributed by atoms with Crippen molar-refractivity contribution in [2.24, 2.45) is 0 Å². The predicted octanol–water partition coefficient (Wildman–Crippen LogP) is 15.5. The highest BCUT2D eigenvalue weighted by Crippen LogP contribution is 2.37. The van der Waals surface area contributed by atoms with E-state index in [4.69, 9.17) is 16.0 Å². The van der Waals surface area contributed by atoms with Crippen LogP contribution in [-0.2, 0) is 0 Å². The first-order valence-corrected chi connectivity index (χ1v) is 19.2. The number of para-hydroxylation sites is 2. The Morgan fingerprint density at radius 2 is 0.967 bits per heavy atom. The highest BCUT2D eigenvalue weighted by molar-refractivity contribution is 5.84. The first kappa shape index (κ1) is 43.3. The highest BCUT2D eigenvalue weighted by Gasteiger charge is 2.14. The maximum Gasteiger partial charge on any atom is 0.194 e. The molecule has 0 aliphatic rings. The monoisotopic (exact) mass is 786 g/mol. The van der Waals surface area contributed by atoms with Crippen molar-refractivity contribution in [3.63, 3.8) is 0 Å². The van der Waals surface area contributed by atoms with Gasteiger partial charge in [0.25, 0.3) is 0 Å². The summed E-state index contributed by atoms with van der Waals surface area (Å²) < 4.78 is 11.2. The van der Waals surface area contributed by atoms with E-state index in [0.29, 0.717) is 29.0 Å². The molecule has 7 aromatic carbocycles. The zero-order valence-corrected chi connectivity index (χ0v) is 32.5. The first-order chi connectivity index (χ1) is 28.6. The molecule has 0 bridgehead atoms. The van der Waals surface area contributed by atoms with Crippen LogP contribution in [-0.4, -0.2) is 13.7 Å². The Bertz CT molecular complexity index is 2570. The summed E-state index contributed by atoms with van der Waals surface area (Å²) in [4.78, 5) is 8.22. The maximum atomic E-state index is 10.2. The molecule has 0 aliphatic carbocycles. The number of ether oxygens (including phenoxy) is 2. The molecular weight excluding hydrogens is 737 g/mol. The van der Waals surface area contributed by atoms with Gasteiger partial charge in [0, 0.05) is 34.1 Å². The molecule has 7 aromatic rings. The second kappa shape index (κ2) is 21.1. The van der Waals surface area contributed by atoms with E-state index in [2.05, 4.69) is 113 Å². The fourth-order valence-corrected chi connectivity index (χ4v) is 6.62. The van der Waals surface area contributed by atoms with E-state index in [9.17, 15) is 5.26 Å². The van der Waals surface area contributed by atoms with Crippen LogP contribution in [0.3, 0.4) is 0 Å². The van der Waals surface area contributed by atoms with Gasteiger partial charge in [0.15, 0.2) is 5.69 Å². The smallest absolute Gasteiger partial charge is 0.194 e. The normalized spacial score (nSPS) is 10.5. The Hall–Kier alpha value is -7.80. The minimum atomic E-state index is 0. The number of methoxy groups -OCH3 is 1. The average Bonchev–Trinajstić information content (AvgIpc) is 3.29. The number of rotatable bonds is 14. The van der Waals surface area contributed by atoms with Crippen molar-refractivity contribution in [2.45, 2.75) is 28.2 Å². The van der Waals surface area contributed by atoms with E-state index in [-0.39, 0.29) is 14.9 Å². The molecule has 0 N–H and O–H groups in total. The van der Waals surface area contributed by atoms with Crippen LogP contribution in [0.4, 0.5) is 39.8 Å². The molecule has 0 spiro atoms. The third-order valence-corrected chi connectivity index (χ3v) is 9.58. The second-order valence-corrected chi connectivity index (χ2v) is 13.5. The van der Waals surface area contributed by atoms with Crippen molar-refractivity contribution in [1.82, 2.24) is 0 Å². The summed E-state index contributed by atoms with van der Waals surface area (Å²) in [7, 11) is 1.66. The van der Waals surface area contributed by atoms with E-state index in [1.54, 1.807) is 19.2 Å². The number of benzene rings is 7. The standard InChI is InChI=1S/C52H42N4O2.2CH4/c1-4-35-58-51-33-29-49(30-34-51)56(45-13-9-6-10-14-45)47-23-17-39(18-24-47)15-21-41-37-52(54-2)42(36-43(41)38-53)22-16-40-19-25-46(26-20-40)55(44-11-7-5-8-12-44)48-27-31-50(57-3)32-28-48;;/h5-34,36-37H,4,35H2,1,3H3;2*1H4/b21-15-,22-16-;;. The number of anilines is 6. The third kappa shape index (κ3) is 10.4. The first-order valence-electron chi connectivity index (χ1n) is 19.2. The molecule has 6 nitrogen and oxygen atoms in total. The molecule has 298 valence electrons. The van der Waals surface area contributed by atoms with Crippen molar-refractivity contribution in [3.05, 3.63) is 209 Å². The Morgan fingerprint density at radius 3 is 1.38 bits per heavy atom. The molecule has 0 aromatic heterocycles. The van der Waals surface area contributed by atoms with Crippen LogP contribution in [0.25, 0.3) is 29.1 Å². The molecule has 0 saturated carbocycles. The van der Waals surface area contributed by atoms with Crippen molar-refractivity contribution < 1.29 is 9.47 Å². The number of hydrogen-bond acceptors (Lipinski definition) is 5. The van der Waals surface area contributed by atoms with Crippen molar-refractivity contribution in [3.8, 4) is 17.6 Å². The minimum Gasteiger partial charge on any atom is -0.497 e. The molecule has 0 saturated heterocycles. The number of nitrogens with zero attached hydrogens (tertiary/aromatic N) is 4. The molecular formula is C54H50N4O2. The van der Waals surface area contributed by atoms with Gasteiger partial charge in [-0.05, 0) is 138 Å². The van der Waals surface area contributed by atoms with Gasteiger partial charge in [-0.25, -0.2) is 4.85 Å². The Labute approximate surface area is 356 Å². The van der Waals surface area contributed by atoms with E-state index in [0.717, 1.165) is 63.2 Å². The van der Waals surface area contributed by atoms with Crippen molar-refractivity contribution in [2.75, 3.05) is 23.5 Å². The molecule has 0 aliphatic heterocycles. The van der Waals surface area contributed by atoms with Crippen LogP contribution in [0, 0.1) is 17.9 Å². The topological polar surface area (TPSA) is 53.1 Å². The maximum absolute atomic E-state index is 10.2. The van der Waals surface area contributed by atoms with Crippen LogP contribution < -0.4 is 19.3 Å². The molecule has 0 fully saturated rings. The summed E-state index contributed by atoms with van der Waals surface area (Å²) in [6.07, 6.45) is 8.71. The number of nitriles is 1.